The van der Waals surface area contributed by atoms with Crippen molar-refractivity contribution in [2.45, 2.75) is 22.4 Å². The maximum absolute atomic E-state index is 12.3. The van der Waals surface area contributed by atoms with Gasteiger partial charge in [0.15, 0.2) is 6.04 Å². The van der Waals surface area contributed by atoms with E-state index in [1.165, 1.54) is 28.4 Å². The molecule has 2 heterocycles. The van der Waals surface area contributed by atoms with Crippen LogP contribution in [-0.4, -0.2) is 56.8 Å². The van der Waals surface area contributed by atoms with Crippen molar-refractivity contribution in [1.82, 2.24) is 10.2 Å². The van der Waals surface area contributed by atoms with Crippen LogP contribution in [0.5, 0.6) is 0 Å². The first-order valence-corrected chi connectivity index (χ1v) is 9.81. The number of benzene rings is 1. The second-order valence-corrected chi connectivity index (χ2v) is 8.23. The molecule has 2 fully saturated rings. The minimum absolute atomic E-state index is 0.149. The highest BCUT2D eigenvalue weighted by Gasteiger charge is 2.56. The highest BCUT2D eigenvalue weighted by Crippen LogP contribution is 2.39. The van der Waals surface area contributed by atoms with Crippen LogP contribution in [0.3, 0.4) is 0 Å². The van der Waals surface area contributed by atoms with Crippen molar-refractivity contribution in [2.24, 2.45) is 0 Å². The number of thioether (sulfide) groups is 2. The molecule has 2 N–H and O–H groups in total. The molecule has 2 aliphatic heterocycles. The molecule has 25 heavy (non-hydrogen) atoms. The molecule has 2 unspecified atom stereocenters. The van der Waals surface area contributed by atoms with Crippen LogP contribution in [-0.2, 0) is 14.4 Å². The molecule has 0 aromatic heterocycles. The van der Waals surface area contributed by atoms with Crippen LogP contribution in [0.1, 0.15) is 0 Å². The van der Waals surface area contributed by atoms with Crippen molar-refractivity contribution in [2.75, 3.05) is 11.5 Å². The Balaban J connectivity index is 1.57. The number of carboxylic acids is 1. The van der Waals surface area contributed by atoms with Gasteiger partial charge in [-0.3, -0.25) is 9.59 Å². The lowest BCUT2D eigenvalue weighted by Gasteiger charge is -2.52. The SMILES string of the molecule is C=C1CS[C@H]2C(NC(=O)CSc3cccc(Cl)c3)C(=O)N2C1C(=O)O. The Kier molecular flexibility index (Phi) is 5.31. The van der Waals surface area contributed by atoms with E-state index >= 15 is 0 Å². The fourth-order valence-corrected chi connectivity index (χ4v) is 5.08. The van der Waals surface area contributed by atoms with E-state index in [1.54, 1.807) is 18.2 Å². The maximum atomic E-state index is 12.3. The standard InChI is InChI=1S/C16H15ClN2O4S2/c1-8-6-25-15-12(14(21)19(15)13(8)16(22)23)18-11(20)7-24-10-4-2-3-9(17)5-10/h2-5,12-13,15H,1,6-7H2,(H,18,20)(H,22,23)/t12?,13?,15-/m0/s1. The number of amides is 2. The molecular weight excluding hydrogens is 384 g/mol. The van der Waals surface area contributed by atoms with Gasteiger partial charge >= 0.3 is 5.97 Å². The molecule has 3 atom stereocenters. The number of hydrogen-bond acceptors (Lipinski definition) is 5. The Labute approximate surface area is 158 Å². The molecule has 0 spiro atoms. The number of β-lactam (4-membered cyclic amide) rings is 1. The van der Waals surface area contributed by atoms with Gasteiger partial charge in [0.25, 0.3) is 0 Å². The zero-order valence-corrected chi connectivity index (χ0v) is 15.4. The van der Waals surface area contributed by atoms with Gasteiger partial charge in [0.1, 0.15) is 11.4 Å². The third kappa shape index (κ3) is 3.65. The van der Waals surface area contributed by atoms with Gasteiger partial charge in [-0.15, -0.1) is 23.5 Å². The van der Waals surface area contributed by atoms with Crippen molar-refractivity contribution in [3.05, 3.63) is 41.4 Å². The topological polar surface area (TPSA) is 86.7 Å². The Morgan fingerprint density at radius 1 is 1.48 bits per heavy atom. The number of nitrogens with zero attached hydrogens (tertiary/aromatic N) is 1. The molecule has 2 saturated heterocycles. The third-order valence-corrected chi connectivity index (χ3v) is 6.51. The van der Waals surface area contributed by atoms with Crippen molar-refractivity contribution >= 4 is 52.9 Å². The lowest BCUT2D eigenvalue weighted by Crippen LogP contribution is -2.74. The lowest BCUT2D eigenvalue weighted by atomic mass is 9.99. The van der Waals surface area contributed by atoms with Gasteiger partial charge in [-0.05, 0) is 23.8 Å². The van der Waals surface area contributed by atoms with E-state index in [4.69, 9.17) is 11.6 Å². The number of rotatable bonds is 5. The average Bonchev–Trinajstić information content (AvgIpc) is 2.57. The Morgan fingerprint density at radius 2 is 2.24 bits per heavy atom. The third-order valence-electron chi connectivity index (χ3n) is 3.90. The fourth-order valence-electron chi connectivity index (χ4n) is 2.75. The van der Waals surface area contributed by atoms with E-state index in [1.807, 2.05) is 6.07 Å². The zero-order chi connectivity index (χ0) is 18.1. The predicted octanol–water partition coefficient (Wildman–Crippen LogP) is 1.84. The summed E-state index contributed by atoms with van der Waals surface area (Å²) in [4.78, 5) is 37.9. The summed E-state index contributed by atoms with van der Waals surface area (Å²) in [5, 5.41) is 12.2. The quantitative estimate of drug-likeness (QED) is 0.447. The van der Waals surface area contributed by atoms with Gasteiger partial charge in [0.05, 0.1) is 5.75 Å². The molecule has 1 aromatic rings. The molecule has 0 radical (unpaired) electrons. The van der Waals surface area contributed by atoms with Crippen molar-refractivity contribution in [1.29, 1.82) is 0 Å². The zero-order valence-electron chi connectivity index (χ0n) is 13.0. The van der Waals surface area contributed by atoms with Crippen LogP contribution < -0.4 is 5.32 Å². The van der Waals surface area contributed by atoms with Crippen molar-refractivity contribution in [3.63, 3.8) is 0 Å². The van der Waals surface area contributed by atoms with E-state index in [2.05, 4.69) is 11.9 Å². The molecule has 3 rings (SSSR count). The van der Waals surface area contributed by atoms with Crippen LogP contribution in [0.2, 0.25) is 5.02 Å². The molecule has 2 aliphatic rings. The minimum Gasteiger partial charge on any atom is -0.479 e. The molecular formula is C16H15ClN2O4S2. The van der Waals surface area contributed by atoms with Crippen LogP contribution in [0.4, 0.5) is 0 Å². The number of halogens is 1. The highest BCUT2D eigenvalue weighted by atomic mass is 35.5. The first-order valence-electron chi connectivity index (χ1n) is 7.40. The molecule has 9 heteroatoms. The Bertz CT molecular complexity index is 757. The normalized spacial score (nSPS) is 25.2. The Hall–Kier alpha value is -1.64. The van der Waals surface area contributed by atoms with Gasteiger partial charge in [-0.1, -0.05) is 24.2 Å². The fraction of sp³-hybridized carbons (Fsp3) is 0.312. The largest absolute Gasteiger partial charge is 0.479 e. The first kappa shape index (κ1) is 18.2. The summed E-state index contributed by atoms with van der Waals surface area (Å²) in [6, 6.07) is 5.46. The van der Waals surface area contributed by atoms with Crippen LogP contribution in [0.25, 0.3) is 0 Å². The summed E-state index contributed by atoms with van der Waals surface area (Å²) in [6.07, 6.45) is 0. The van der Waals surface area contributed by atoms with E-state index in [0.717, 1.165) is 4.90 Å². The van der Waals surface area contributed by atoms with E-state index in [9.17, 15) is 19.5 Å². The van der Waals surface area contributed by atoms with Crippen molar-refractivity contribution in [3.8, 4) is 0 Å². The molecule has 6 nitrogen and oxygen atoms in total. The van der Waals surface area contributed by atoms with E-state index < -0.39 is 18.1 Å². The molecule has 0 bridgehead atoms. The van der Waals surface area contributed by atoms with Gasteiger partial charge in [-0.25, -0.2) is 4.79 Å². The summed E-state index contributed by atoms with van der Waals surface area (Å²) in [7, 11) is 0. The maximum Gasteiger partial charge on any atom is 0.330 e. The van der Waals surface area contributed by atoms with Gasteiger partial charge in [-0.2, -0.15) is 0 Å². The molecule has 0 aliphatic carbocycles. The first-order chi connectivity index (χ1) is 11.9. The second kappa shape index (κ2) is 7.31. The van der Waals surface area contributed by atoms with Crippen LogP contribution in [0, 0.1) is 0 Å². The van der Waals surface area contributed by atoms with E-state index in [0.29, 0.717) is 16.3 Å². The monoisotopic (exact) mass is 398 g/mol. The average molecular weight is 399 g/mol. The number of carbonyl (C=O) groups is 3. The van der Waals surface area contributed by atoms with Gasteiger partial charge in [0, 0.05) is 15.7 Å². The molecule has 0 saturated carbocycles. The summed E-state index contributed by atoms with van der Waals surface area (Å²) in [5.74, 6) is -1.15. The number of carboxylic acid groups (broad SMARTS) is 1. The lowest BCUT2D eigenvalue weighted by molar-refractivity contribution is -0.160. The van der Waals surface area contributed by atoms with Crippen LogP contribution >= 0.6 is 35.1 Å². The Morgan fingerprint density at radius 3 is 2.92 bits per heavy atom. The predicted molar refractivity (Wildman–Crippen MR) is 97.8 cm³/mol. The molecule has 132 valence electrons. The summed E-state index contributed by atoms with van der Waals surface area (Å²) in [6.45, 7) is 3.73. The van der Waals surface area contributed by atoms with Gasteiger partial charge < -0.3 is 15.3 Å². The van der Waals surface area contributed by atoms with Crippen molar-refractivity contribution < 1.29 is 19.5 Å². The number of carbonyl (C=O) groups excluding carboxylic acids is 2. The van der Waals surface area contributed by atoms with E-state index in [-0.39, 0.29) is 22.9 Å². The number of fused-ring (bicyclic) bond motifs is 1. The number of nitrogens with one attached hydrogen (secondary N) is 1. The second-order valence-electron chi connectivity index (χ2n) is 5.64. The highest BCUT2D eigenvalue weighted by molar-refractivity contribution is 8.00. The minimum atomic E-state index is -1.09. The number of hydrogen-bond donors (Lipinski definition) is 2. The number of aliphatic carboxylic acids is 1. The summed E-state index contributed by atoms with van der Waals surface area (Å²) >= 11 is 8.64. The van der Waals surface area contributed by atoms with Crippen LogP contribution in [0.15, 0.2) is 41.3 Å². The molecule has 2 amide bonds. The molecule has 1 aromatic carbocycles. The smallest absolute Gasteiger partial charge is 0.330 e. The summed E-state index contributed by atoms with van der Waals surface area (Å²) in [5.41, 5.74) is 0.489. The summed E-state index contributed by atoms with van der Waals surface area (Å²) < 4.78 is 0. The van der Waals surface area contributed by atoms with Gasteiger partial charge in [0.2, 0.25) is 11.8 Å².